The van der Waals surface area contributed by atoms with Gasteiger partial charge in [0.1, 0.15) is 5.49 Å². The first kappa shape index (κ1) is 17.6. The molecule has 1 aromatic heterocycles. The molecule has 3 N–H and O–H groups in total. The van der Waals surface area contributed by atoms with Gasteiger partial charge in [-0.15, -0.1) is 0 Å². The summed E-state index contributed by atoms with van der Waals surface area (Å²) in [5.74, 6) is 0. The number of rotatable bonds is 2. The molecule has 1 aliphatic heterocycles. The van der Waals surface area contributed by atoms with Crippen molar-refractivity contribution < 1.29 is 14.1 Å². The number of hydrogen-bond acceptors (Lipinski definition) is 5. The summed E-state index contributed by atoms with van der Waals surface area (Å²) in [5, 5.41) is 7.69. The fourth-order valence-electron chi connectivity index (χ4n) is 2.04. The monoisotopic (exact) mass is 293 g/mol. The highest BCUT2D eigenvalue weighted by Crippen LogP contribution is 2.36. The van der Waals surface area contributed by atoms with Gasteiger partial charge in [0.2, 0.25) is 6.41 Å². The second-order valence-corrected chi connectivity index (χ2v) is 5.82. The molecule has 21 heavy (non-hydrogen) atoms. The molecule has 1 fully saturated rings. The van der Waals surface area contributed by atoms with Crippen molar-refractivity contribution in [2.24, 2.45) is 5.73 Å². The fourth-order valence-corrected chi connectivity index (χ4v) is 2.04. The lowest BCUT2D eigenvalue weighted by molar-refractivity contribution is 0.00578. The lowest BCUT2D eigenvalue weighted by Gasteiger charge is -2.32. The Labute approximate surface area is 125 Å². The Morgan fingerprint density at radius 1 is 1.19 bits per heavy atom. The minimum Gasteiger partial charge on any atom is -0.399 e. The van der Waals surface area contributed by atoms with Gasteiger partial charge in [-0.2, -0.15) is 0 Å². The number of hydrogen-bond donors (Lipinski definition) is 2. The Morgan fingerprint density at radius 2 is 1.67 bits per heavy atom. The van der Waals surface area contributed by atoms with E-state index in [2.05, 4.69) is 5.73 Å². The van der Waals surface area contributed by atoms with Crippen LogP contribution >= 0.6 is 0 Å². The maximum atomic E-state index is 11.0. The summed E-state index contributed by atoms with van der Waals surface area (Å²) < 4.78 is 13.2. The molecule has 1 aliphatic rings. The van der Waals surface area contributed by atoms with Crippen LogP contribution < -0.4 is 16.7 Å². The van der Waals surface area contributed by atoms with Crippen LogP contribution in [0.3, 0.4) is 0 Å². The van der Waals surface area contributed by atoms with Crippen LogP contribution in [0.25, 0.3) is 0 Å². The van der Waals surface area contributed by atoms with Crippen LogP contribution in [0.2, 0.25) is 0 Å². The van der Waals surface area contributed by atoms with Crippen molar-refractivity contribution in [2.75, 3.05) is 7.05 Å². The maximum Gasteiger partial charge on any atom is 0.496 e. The lowest BCUT2D eigenvalue weighted by Crippen LogP contribution is -2.41. The van der Waals surface area contributed by atoms with E-state index in [1.165, 1.54) is 11.6 Å². The van der Waals surface area contributed by atoms with E-state index in [1.54, 1.807) is 19.1 Å². The summed E-state index contributed by atoms with van der Waals surface area (Å²) in [6.45, 7) is 9.71. The van der Waals surface area contributed by atoms with Crippen LogP contribution in [-0.2, 0) is 14.1 Å². The first-order chi connectivity index (χ1) is 9.69. The predicted octanol–water partition coefficient (Wildman–Crippen LogP) is 0.188. The average molecular weight is 293 g/mol. The predicted molar refractivity (Wildman–Crippen MR) is 83.0 cm³/mol. The Balaban J connectivity index is 0.00000106. The number of nitrogens with one attached hydrogen (secondary N) is 1. The van der Waals surface area contributed by atoms with Crippen molar-refractivity contribution in [3.05, 3.63) is 23.3 Å². The second-order valence-electron chi connectivity index (χ2n) is 5.82. The molecule has 0 bridgehead atoms. The van der Waals surface area contributed by atoms with E-state index in [9.17, 15) is 4.79 Å². The van der Waals surface area contributed by atoms with Crippen molar-refractivity contribution in [3.63, 3.8) is 0 Å². The third-order valence-corrected chi connectivity index (χ3v) is 4.07. The summed E-state index contributed by atoms with van der Waals surface area (Å²) in [6, 6.07) is 3.35. The minimum absolute atomic E-state index is 0.146. The van der Waals surface area contributed by atoms with Gasteiger partial charge >= 0.3 is 7.12 Å². The highest BCUT2D eigenvalue weighted by molar-refractivity contribution is 6.62. The fraction of sp³-hybridized carbons (Fsp3) is 0.571. The van der Waals surface area contributed by atoms with Crippen LogP contribution in [0.5, 0.6) is 0 Å². The van der Waals surface area contributed by atoms with Crippen LogP contribution in [0.15, 0.2) is 12.1 Å². The summed E-state index contributed by atoms with van der Waals surface area (Å²) in [6.07, 6.45) is 0.631. The molecule has 2 heterocycles. The van der Waals surface area contributed by atoms with Crippen LogP contribution in [0, 0.1) is 12.3 Å². The number of pyridine rings is 1. The highest BCUT2D eigenvalue weighted by Gasteiger charge is 2.52. The number of nitrogens with two attached hydrogens (primary N) is 1. The first-order valence-electron chi connectivity index (χ1n) is 6.85. The SMILES string of the molecule is CN.Cc1c(B2OC(C)(C)C(C)(C)O2)ccc(=N)n1C=O. The molecule has 6 nitrogen and oxygen atoms in total. The molecule has 0 radical (unpaired) electrons. The van der Waals surface area contributed by atoms with Crippen molar-refractivity contribution >= 4 is 19.0 Å². The van der Waals surface area contributed by atoms with Gasteiger partial charge in [0.25, 0.3) is 0 Å². The molecular weight excluding hydrogens is 269 g/mol. The largest absolute Gasteiger partial charge is 0.496 e. The maximum absolute atomic E-state index is 11.0. The standard InChI is InChI=1S/C13H19BN2O3.CH5N/c1-9-10(6-7-11(15)16(9)8-17)14-18-12(2,3)13(4,5)19-14;1-2/h6-8,15H,1-5H3;2H2,1H3. The summed E-state index contributed by atoms with van der Waals surface area (Å²) in [5.41, 5.74) is 5.25. The van der Waals surface area contributed by atoms with Gasteiger partial charge < -0.3 is 15.0 Å². The lowest BCUT2D eigenvalue weighted by atomic mass is 9.78. The summed E-state index contributed by atoms with van der Waals surface area (Å²) in [7, 11) is 0.983. The molecule has 0 spiro atoms. The smallest absolute Gasteiger partial charge is 0.399 e. The van der Waals surface area contributed by atoms with Gasteiger partial charge in [-0.25, -0.2) is 0 Å². The minimum atomic E-state index is -0.517. The molecule has 0 aromatic carbocycles. The van der Waals surface area contributed by atoms with Crippen LogP contribution in [0.1, 0.15) is 33.4 Å². The number of aromatic nitrogens is 1. The zero-order valence-corrected chi connectivity index (χ0v) is 13.6. The quantitative estimate of drug-likeness (QED) is 0.601. The Bertz CT molecular complexity index is 565. The normalized spacial score (nSPS) is 18.9. The van der Waals surface area contributed by atoms with Crippen molar-refractivity contribution in [2.45, 2.75) is 45.8 Å². The van der Waals surface area contributed by atoms with Gasteiger partial charge in [0, 0.05) is 11.2 Å². The topological polar surface area (TPSA) is 90.3 Å². The van der Waals surface area contributed by atoms with Crippen molar-refractivity contribution in [1.29, 1.82) is 5.41 Å². The van der Waals surface area contributed by atoms with E-state index in [4.69, 9.17) is 14.7 Å². The van der Waals surface area contributed by atoms with Gasteiger partial charge in [-0.1, -0.05) is 6.07 Å². The summed E-state index contributed by atoms with van der Waals surface area (Å²) >= 11 is 0. The van der Waals surface area contributed by atoms with Gasteiger partial charge in [0.05, 0.1) is 11.2 Å². The zero-order chi connectivity index (χ0) is 16.4. The van der Waals surface area contributed by atoms with E-state index in [0.29, 0.717) is 12.1 Å². The molecule has 0 amide bonds. The number of carbonyl (C=O) groups excluding carboxylic acids is 1. The van der Waals surface area contributed by atoms with Crippen molar-refractivity contribution in [1.82, 2.24) is 4.57 Å². The Hall–Kier alpha value is -1.44. The molecule has 116 valence electrons. The molecule has 1 aromatic rings. The number of carbonyl (C=O) groups is 1. The van der Waals surface area contributed by atoms with Crippen LogP contribution in [-0.4, -0.2) is 36.3 Å². The van der Waals surface area contributed by atoms with Gasteiger partial charge in [0.15, 0.2) is 0 Å². The third-order valence-electron chi connectivity index (χ3n) is 4.07. The third kappa shape index (κ3) is 3.10. The Kier molecular flexibility index (Phi) is 5.14. The molecule has 0 unspecified atom stereocenters. The van der Waals surface area contributed by atoms with Gasteiger partial charge in [-0.3, -0.25) is 14.8 Å². The molecule has 0 saturated carbocycles. The summed E-state index contributed by atoms with van der Waals surface area (Å²) in [4.78, 5) is 11.0. The van der Waals surface area contributed by atoms with E-state index in [-0.39, 0.29) is 5.49 Å². The van der Waals surface area contributed by atoms with E-state index in [0.717, 1.165) is 5.46 Å². The van der Waals surface area contributed by atoms with Crippen LogP contribution in [0.4, 0.5) is 0 Å². The zero-order valence-electron chi connectivity index (χ0n) is 13.6. The van der Waals surface area contributed by atoms with E-state index < -0.39 is 18.3 Å². The highest BCUT2D eigenvalue weighted by atomic mass is 16.7. The second kappa shape index (κ2) is 6.13. The van der Waals surface area contributed by atoms with Crippen molar-refractivity contribution in [3.8, 4) is 0 Å². The van der Waals surface area contributed by atoms with E-state index >= 15 is 0 Å². The molecule has 7 heteroatoms. The van der Waals surface area contributed by atoms with Gasteiger partial charge in [-0.05, 0) is 47.7 Å². The molecular formula is C14H24BN3O3. The number of nitrogens with zero attached hydrogens (tertiary/aromatic N) is 1. The molecule has 2 rings (SSSR count). The van der Waals surface area contributed by atoms with E-state index in [1.807, 2.05) is 27.7 Å². The molecule has 0 aliphatic carbocycles. The molecule has 1 saturated heterocycles. The first-order valence-corrected chi connectivity index (χ1v) is 6.85. The average Bonchev–Trinajstić information content (AvgIpc) is 2.61. The Morgan fingerprint density at radius 3 is 2.10 bits per heavy atom. The molecule has 0 atom stereocenters.